The number of nitrogens with one attached hydrogen (secondary N) is 1. The van der Waals surface area contributed by atoms with Gasteiger partial charge in [-0.05, 0) is 105 Å². The Kier molecular flexibility index (Phi) is 8.00. The van der Waals surface area contributed by atoms with Crippen LogP contribution in [0.2, 0.25) is 5.02 Å². The Labute approximate surface area is 248 Å². The van der Waals surface area contributed by atoms with E-state index in [-0.39, 0.29) is 23.4 Å². The maximum Gasteiger partial charge on any atom is 0.304 e. The summed E-state index contributed by atoms with van der Waals surface area (Å²) >= 11 is 6.38. The standard InChI is InChI=1S/C31H40ClN3O5S/c1-2-35-15-4-3-7-28(36)25-11-8-23(25)18-34-19-31(14-5-6-21-16-24(32)10-12-26(21)31)20-40-29-13-9-22(17-27(29)34)30(37)33-41(35,38)39/h9-10,12-13,16-17,23,25,28,36H,2-8,11,14-15,18-20H2,1H3,(H,33,37)/t23-,25+,28?,31-/m0/s1. The van der Waals surface area contributed by atoms with Gasteiger partial charge in [0, 0.05) is 42.2 Å². The van der Waals surface area contributed by atoms with Crippen molar-refractivity contribution in [2.24, 2.45) is 11.8 Å². The molecular formula is C31H40ClN3O5S. The van der Waals surface area contributed by atoms with Gasteiger partial charge in [-0.3, -0.25) is 4.79 Å². The molecule has 2 bridgehead atoms. The lowest BCUT2D eigenvalue weighted by molar-refractivity contribution is 0.00898. The van der Waals surface area contributed by atoms with E-state index in [1.807, 2.05) is 6.07 Å². The number of hydrogen-bond donors (Lipinski definition) is 2. The van der Waals surface area contributed by atoms with E-state index in [0.29, 0.717) is 44.2 Å². The minimum absolute atomic E-state index is 0.210. The van der Waals surface area contributed by atoms with Crippen LogP contribution in [-0.4, -0.2) is 62.6 Å². The molecular weight excluding hydrogens is 562 g/mol. The van der Waals surface area contributed by atoms with Gasteiger partial charge in [0.1, 0.15) is 5.75 Å². The SMILES string of the molecule is CCN1CCCCC(O)[C@@H]2CC[C@H]2CN2C[C@@]3(CCCc4cc(Cl)ccc43)COc3ccc(cc32)C(=O)NS1(=O)=O. The van der Waals surface area contributed by atoms with Crippen LogP contribution in [0.3, 0.4) is 0 Å². The van der Waals surface area contributed by atoms with Crippen LogP contribution in [0.5, 0.6) is 5.75 Å². The molecule has 2 aliphatic carbocycles. The van der Waals surface area contributed by atoms with Crippen LogP contribution >= 0.6 is 11.6 Å². The molecule has 2 aliphatic heterocycles. The zero-order valence-corrected chi connectivity index (χ0v) is 25.2. The van der Waals surface area contributed by atoms with Gasteiger partial charge in [0.15, 0.2) is 0 Å². The Balaban J connectivity index is 1.41. The van der Waals surface area contributed by atoms with E-state index < -0.39 is 22.2 Å². The number of aliphatic hydroxyl groups excluding tert-OH is 1. The van der Waals surface area contributed by atoms with Gasteiger partial charge in [-0.1, -0.05) is 24.6 Å². The van der Waals surface area contributed by atoms with Gasteiger partial charge in [-0.25, -0.2) is 4.72 Å². The molecule has 2 aromatic rings. The topological polar surface area (TPSA) is 99.2 Å². The number of fused-ring (bicyclic) bond motifs is 4. The first-order valence-electron chi connectivity index (χ1n) is 15.0. The van der Waals surface area contributed by atoms with E-state index in [2.05, 4.69) is 21.8 Å². The highest BCUT2D eigenvalue weighted by molar-refractivity contribution is 7.87. The number of carbonyl (C=O) groups is 1. The van der Waals surface area contributed by atoms with Crippen LogP contribution in [0, 0.1) is 11.8 Å². The lowest BCUT2D eigenvalue weighted by atomic mass is 9.68. The Morgan fingerprint density at radius 1 is 1.12 bits per heavy atom. The van der Waals surface area contributed by atoms with E-state index in [1.165, 1.54) is 15.4 Å². The molecule has 2 aromatic carbocycles. The fourth-order valence-corrected chi connectivity index (χ4v) is 8.80. The Morgan fingerprint density at radius 2 is 1.98 bits per heavy atom. The number of hydrogen-bond acceptors (Lipinski definition) is 6. The van der Waals surface area contributed by atoms with Crippen molar-refractivity contribution in [2.45, 2.75) is 69.8 Å². The molecule has 0 aromatic heterocycles. The average molecular weight is 602 g/mol. The average Bonchev–Trinajstić information content (AvgIpc) is 3.07. The molecule has 1 saturated carbocycles. The second-order valence-corrected chi connectivity index (χ2v) is 14.4. The first kappa shape index (κ1) is 28.8. The van der Waals surface area contributed by atoms with Crippen molar-refractivity contribution in [3.05, 3.63) is 58.1 Å². The van der Waals surface area contributed by atoms with Crippen molar-refractivity contribution >= 4 is 33.4 Å². The van der Waals surface area contributed by atoms with E-state index in [4.69, 9.17) is 16.3 Å². The predicted octanol–water partition coefficient (Wildman–Crippen LogP) is 4.68. The monoisotopic (exact) mass is 601 g/mol. The molecule has 4 atom stereocenters. The van der Waals surface area contributed by atoms with Crippen LogP contribution in [0.25, 0.3) is 0 Å². The lowest BCUT2D eigenvalue weighted by Gasteiger charge is -2.45. The van der Waals surface area contributed by atoms with E-state index in [9.17, 15) is 18.3 Å². The van der Waals surface area contributed by atoms with Gasteiger partial charge in [0.05, 0.1) is 18.4 Å². The molecule has 1 spiro atoms. The fourth-order valence-electron chi connectivity index (χ4n) is 7.41. The van der Waals surface area contributed by atoms with Crippen LogP contribution in [0.1, 0.15) is 73.4 Å². The lowest BCUT2D eigenvalue weighted by Crippen LogP contribution is -2.49. The van der Waals surface area contributed by atoms with Crippen molar-refractivity contribution in [2.75, 3.05) is 37.7 Å². The highest BCUT2D eigenvalue weighted by Gasteiger charge is 2.44. The smallest absolute Gasteiger partial charge is 0.304 e. The summed E-state index contributed by atoms with van der Waals surface area (Å²) in [7, 11) is -4.01. The van der Waals surface area contributed by atoms with Gasteiger partial charge in [0.25, 0.3) is 5.91 Å². The van der Waals surface area contributed by atoms with Gasteiger partial charge in [-0.2, -0.15) is 12.7 Å². The summed E-state index contributed by atoms with van der Waals surface area (Å²) in [6.07, 6.45) is 6.63. The molecule has 2 heterocycles. The van der Waals surface area contributed by atoms with Crippen molar-refractivity contribution in [1.82, 2.24) is 9.03 Å². The van der Waals surface area contributed by atoms with Gasteiger partial charge >= 0.3 is 10.2 Å². The normalized spacial score (nSPS) is 30.3. The number of carbonyl (C=O) groups excluding carboxylic acids is 1. The summed E-state index contributed by atoms with van der Waals surface area (Å²) in [5.41, 5.74) is 3.36. The van der Waals surface area contributed by atoms with Crippen LogP contribution in [0.15, 0.2) is 36.4 Å². The molecule has 4 aliphatic rings. The summed E-state index contributed by atoms with van der Waals surface area (Å²) in [5, 5.41) is 11.9. The number of rotatable bonds is 1. The summed E-state index contributed by atoms with van der Waals surface area (Å²) < 4.78 is 36.3. The maximum absolute atomic E-state index is 13.3. The third-order valence-corrected chi connectivity index (χ3v) is 11.6. The van der Waals surface area contributed by atoms with Crippen LogP contribution < -0.4 is 14.4 Å². The summed E-state index contributed by atoms with van der Waals surface area (Å²) in [4.78, 5) is 15.6. The van der Waals surface area contributed by atoms with Crippen molar-refractivity contribution in [1.29, 1.82) is 0 Å². The quantitative estimate of drug-likeness (QED) is 0.492. The van der Waals surface area contributed by atoms with E-state index in [0.717, 1.165) is 55.8 Å². The van der Waals surface area contributed by atoms with Crippen molar-refractivity contribution < 1.29 is 23.1 Å². The molecule has 41 heavy (non-hydrogen) atoms. The zero-order chi connectivity index (χ0) is 28.8. The molecule has 8 nitrogen and oxygen atoms in total. The van der Waals surface area contributed by atoms with Crippen molar-refractivity contribution in [3.8, 4) is 5.75 Å². The zero-order valence-electron chi connectivity index (χ0n) is 23.6. The minimum atomic E-state index is -4.01. The highest BCUT2D eigenvalue weighted by atomic mass is 35.5. The van der Waals surface area contributed by atoms with Crippen molar-refractivity contribution in [3.63, 3.8) is 0 Å². The number of nitrogens with zero attached hydrogens (tertiary/aromatic N) is 2. The van der Waals surface area contributed by atoms with Gasteiger partial charge < -0.3 is 14.7 Å². The minimum Gasteiger partial charge on any atom is -0.490 e. The summed E-state index contributed by atoms with van der Waals surface area (Å²) in [6, 6.07) is 11.4. The number of amides is 1. The third kappa shape index (κ3) is 5.58. The largest absolute Gasteiger partial charge is 0.490 e. The first-order valence-corrected chi connectivity index (χ1v) is 16.8. The molecule has 10 heteroatoms. The number of benzene rings is 2. The Hall–Kier alpha value is -2.33. The number of ether oxygens (including phenoxy) is 1. The maximum atomic E-state index is 13.3. The number of halogens is 1. The molecule has 2 N–H and O–H groups in total. The van der Waals surface area contributed by atoms with Crippen LogP contribution in [-0.2, 0) is 22.0 Å². The number of aryl methyl sites for hydroxylation is 1. The van der Waals surface area contributed by atoms with Gasteiger partial charge in [-0.15, -0.1) is 0 Å². The molecule has 1 amide bonds. The van der Waals surface area contributed by atoms with Gasteiger partial charge in [0.2, 0.25) is 0 Å². The Morgan fingerprint density at radius 3 is 2.76 bits per heavy atom. The number of aliphatic hydroxyl groups is 1. The Bertz CT molecular complexity index is 1420. The second kappa shape index (κ2) is 11.4. The summed E-state index contributed by atoms with van der Waals surface area (Å²) in [5.74, 6) is 0.586. The highest BCUT2D eigenvalue weighted by Crippen LogP contribution is 2.47. The molecule has 6 rings (SSSR count). The van der Waals surface area contributed by atoms with E-state index >= 15 is 0 Å². The fraction of sp³-hybridized carbons (Fsp3) is 0.581. The molecule has 0 saturated heterocycles. The first-order chi connectivity index (χ1) is 19.7. The predicted molar refractivity (Wildman–Crippen MR) is 160 cm³/mol. The summed E-state index contributed by atoms with van der Waals surface area (Å²) in [6.45, 7) is 4.29. The van der Waals surface area contributed by atoms with Crippen LogP contribution in [0.4, 0.5) is 5.69 Å². The molecule has 1 unspecified atom stereocenters. The molecule has 222 valence electrons. The third-order valence-electron chi connectivity index (χ3n) is 9.80. The van der Waals surface area contributed by atoms with E-state index in [1.54, 1.807) is 25.1 Å². The number of anilines is 1. The molecule has 0 radical (unpaired) electrons. The second-order valence-electron chi connectivity index (χ2n) is 12.3. The molecule has 1 fully saturated rings.